The molecule has 0 radical (unpaired) electrons. The summed E-state index contributed by atoms with van der Waals surface area (Å²) >= 11 is 0. The summed E-state index contributed by atoms with van der Waals surface area (Å²) in [7, 11) is 1.66. The molecular weight excluding hydrogens is 182 g/mol. The van der Waals surface area contributed by atoms with Crippen LogP contribution in [0.3, 0.4) is 0 Å². The second kappa shape index (κ2) is 7.76. The Bertz CT molecular complexity index is 161. The second-order valence-electron chi connectivity index (χ2n) is 3.42. The number of nitrogens with one attached hydrogen (secondary N) is 1. The van der Waals surface area contributed by atoms with Gasteiger partial charge in [-0.15, -0.1) is 0 Å². The van der Waals surface area contributed by atoms with Gasteiger partial charge in [-0.3, -0.25) is 4.79 Å². The standard InChI is InChI=1S/C10H21NO3/c1-5-14-10(12)8(2)6-11-9(3)7-13-4/h8-9,11H,5-7H2,1-4H3. The molecule has 0 aliphatic heterocycles. The summed E-state index contributed by atoms with van der Waals surface area (Å²) < 4.78 is 9.85. The molecule has 0 saturated heterocycles. The molecule has 0 aliphatic carbocycles. The van der Waals surface area contributed by atoms with Crippen molar-refractivity contribution >= 4 is 5.97 Å². The van der Waals surface area contributed by atoms with Gasteiger partial charge >= 0.3 is 5.97 Å². The number of hydrogen-bond acceptors (Lipinski definition) is 4. The lowest BCUT2D eigenvalue weighted by Crippen LogP contribution is -2.36. The zero-order chi connectivity index (χ0) is 11.0. The van der Waals surface area contributed by atoms with Gasteiger partial charge in [-0.2, -0.15) is 0 Å². The first kappa shape index (κ1) is 13.4. The summed E-state index contributed by atoms with van der Waals surface area (Å²) in [5.41, 5.74) is 0. The van der Waals surface area contributed by atoms with E-state index in [2.05, 4.69) is 5.32 Å². The van der Waals surface area contributed by atoms with Crippen LogP contribution in [0.1, 0.15) is 20.8 Å². The summed E-state index contributed by atoms with van der Waals surface area (Å²) in [6.45, 7) is 7.40. The molecule has 0 rings (SSSR count). The Morgan fingerprint density at radius 2 is 2.07 bits per heavy atom. The molecule has 2 atom stereocenters. The van der Waals surface area contributed by atoms with Crippen molar-refractivity contribution in [3.05, 3.63) is 0 Å². The van der Waals surface area contributed by atoms with Gasteiger partial charge in [0.25, 0.3) is 0 Å². The Morgan fingerprint density at radius 3 is 2.57 bits per heavy atom. The lowest BCUT2D eigenvalue weighted by atomic mass is 10.2. The third-order valence-corrected chi connectivity index (χ3v) is 1.88. The van der Waals surface area contributed by atoms with Crippen LogP contribution >= 0.6 is 0 Å². The fourth-order valence-electron chi connectivity index (χ4n) is 1.05. The van der Waals surface area contributed by atoms with Crippen LogP contribution in [0, 0.1) is 5.92 Å². The smallest absolute Gasteiger partial charge is 0.309 e. The highest BCUT2D eigenvalue weighted by Crippen LogP contribution is 1.97. The average molecular weight is 203 g/mol. The summed E-state index contributed by atoms with van der Waals surface area (Å²) in [5, 5.41) is 3.20. The normalized spacial score (nSPS) is 14.9. The van der Waals surface area contributed by atoms with E-state index in [0.717, 1.165) is 0 Å². The van der Waals surface area contributed by atoms with E-state index in [1.807, 2.05) is 20.8 Å². The molecule has 0 amide bonds. The van der Waals surface area contributed by atoms with E-state index in [1.165, 1.54) is 0 Å². The lowest BCUT2D eigenvalue weighted by molar-refractivity contribution is -0.147. The van der Waals surface area contributed by atoms with E-state index in [9.17, 15) is 4.79 Å². The largest absolute Gasteiger partial charge is 0.466 e. The SMILES string of the molecule is CCOC(=O)C(C)CNC(C)COC. The Balaban J connectivity index is 3.61. The third-order valence-electron chi connectivity index (χ3n) is 1.88. The van der Waals surface area contributed by atoms with Gasteiger partial charge in [-0.1, -0.05) is 6.92 Å². The van der Waals surface area contributed by atoms with Crippen molar-refractivity contribution in [2.24, 2.45) is 5.92 Å². The van der Waals surface area contributed by atoms with Crippen LogP contribution < -0.4 is 5.32 Å². The van der Waals surface area contributed by atoms with Crippen LogP contribution in [-0.4, -0.2) is 38.9 Å². The van der Waals surface area contributed by atoms with Crippen LogP contribution in [0.5, 0.6) is 0 Å². The molecular formula is C10H21NO3. The Morgan fingerprint density at radius 1 is 1.43 bits per heavy atom. The highest BCUT2D eigenvalue weighted by molar-refractivity contribution is 5.72. The molecule has 0 heterocycles. The van der Waals surface area contributed by atoms with Gasteiger partial charge in [0.05, 0.1) is 19.1 Å². The molecule has 0 aromatic rings. The maximum absolute atomic E-state index is 11.2. The molecule has 0 aliphatic rings. The molecule has 0 aromatic heterocycles. The fraction of sp³-hybridized carbons (Fsp3) is 0.900. The van der Waals surface area contributed by atoms with E-state index in [0.29, 0.717) is 19.8 Å². The Kier molecular flexibility index (Phi) is 7.42. The van der Waals surface area contributed by atoms with Crippen LogP contribution in [0.25, 0.3) is 0 Å². The monoisotopic (exact) mass is 203 g/mol. The molecule has 0 bridgehead atoms. The van der Waals surface area contributed by atoms with Crippen LogP contribution in [0.4, 0.5) is 0 Å². The number of rotatable bonds is 7. The van der Waals surface area contributed by atoms with Gasteiger partial charge in [0.1, 0.15) is 0 Å². The van der Waals surface area contributed by atoms with E-state index in [4.69, 9.17) is 9.47 Å². The summed E-state index contributed by atoms with van der Waals surface area (Å²) in [6, 6.07) is 0.261. The van der Waals surface area contributed by atoms with Crippen molar-refractivity contribution in [3.63, 3.8) is 0 Å². The van der Waals surface area contributed by atoms with E-state index in [-0.39, 0.29) is 17.9 Å². The molecule has 2 unspecified atom stereocenters. The van der Waals surface area contributed by atoms with Crippen molar-refractivity contribution in [1.82, 2.24) is 5.32 Å². The van der Waals surface area contributed by atoms with Crippen molar-refractivity contribution in [2.75, 3.05) is 26.9 Å². The van der Waals surface area contributed by atoms with Gasteiger partial charge in [0, 0.05) is 19.7 Å². The lowest BCUT2D eigenvalue weighted by Gasteiger charge is -2.16. The molecule has 1 N–H and O–H groups in total. The quantitative estimate of drug-likeness (QED) is 0.622. The predicted molar refractivity (Wildman–Crippen MR) is 55.1 cm³/mol. The van der Waals surface area contributed by atoms with Crippen molar-refractivity contribution in [1.29, 1.82) is 0 Å². The molecule has 14 heavy (non-hydrogen) atoms. The highest BCUT2D eigenvalue weighted by atomic mass is 16.5. The molecule has 84 valence electrons. The fourth-order valence-corrected chi connectivity index (χ4v) is 1.05. The zero-order valence-electron chi connectivity index (χ0n) is 9.50. The number of carbonyl (C=O) groups excluding carboxylic acids is 1. The minimum Gasteiger partial charge on any atom is -0.466 e. The van der Waals surface area contributed by atoms with Crippen LogP contribution in [-0.2, 0) is 14.3 Å². The van der Waals surface area contributed by atoms with Crippen LogP contribution in [0.15, 0.2) is 0 Å². The topological polar surface area (TPSA) is 47.6 Å². The Hall–Kier alpha value is -0.610. The maximum Gasteiger partial charge on any atom is 0.309 e. The first-order valence-electron chi connectivity index (χ1n) is 5.00. The van der Waals surface area contributed by atoms with E-state index >= 15 is 0 Å². The predicted octanol–water partition coefficient (Wildman–Crippen LogP) is 0.810. The van der Waals surface area contributed by atoms with Crippen molar-refractivity contribution in [3.8, 4) is 0 Å². The number of methoxy groups -OCH3 is 1. The van der Waals surface area contributed by atoms with Gasteiger partial charge in [0.2, 0.25) is 0 Å². The van der Waals surface area contributed by atoms with Gasteiger partial charge < -0.3 is 14.8 Å². The molecule has 0 fully saturated rings. The first-order valence-corrected chi connectivity index (χ1v) is 5.00. The average Bonchev–Trinajstić information content (AvgIpc) is 2.15. The molecule has 4 heteroatoms. The van der Waals surface area contributed by atoms with Gasteiger partial charge in [-0.05, 0) is 13.8 Å². The molecule has 0 spiro atoms. The van der Waals surface area contributed by atoms with Crippen molar-refractivity contribution in [2.45, 2.75) is 26.8 Å². The molecule has 4 nitrogen and oxygen atoms in total. The summed E-state index contributed by atoms with van der Waals surface area (Å²) in [6.07, 6.45) is 0. The number of hydrogen-bond donors (Lipinski definition) is 1. The van der Waals surface area contributed by atoms with E-state index in [1.54, 1.807) is 7.11 Å². The van der Waals surface area contributed by atoms with Gasteiger partial charge in [0.15, 0.2) is 0 Å². The summed E-state index contributed by atoms with van der Waals surface area (Å²) in [5.74, 6) is -0.251. The second-order valence-corrected chi connectivity index (χ2v) is 3.42. The van der Waals surface area contributed by atoms with Crippen LogP contribution in [0.2, 0.25) is 0 Å². The minimum atomic E-state index is -0.149. The van der Waals surface area contributed by atoms with Gasteiger partial charge in [-0.25, -0.2) is 0 Å². The first-order chi connectivity index (χ1) is 6.61. The van der Waals surface area contributed by atoms with E-state index < -0.39 is 0 Å². The number of ether oxygens (including phenoxy) is 2. The zero-order valence-corrected chi connectivity index (χ0v) is 9.50. The molecule has 0 saturated carbocycles. The highest BCUT2D eigenvalue weighted by Gasteiger charge is 2.14. The Labute approximate surface area is 86.0 Å². The number of esters is 1. The van der Waals surface area contributed by atoms with Crippen molar-refractivity contribution < 1.29 is 14.3 Å². The number of carbonyl (C=O) groups is 1. The maximum atomic E-state index is 11.2. The minimum absolute atomic E-state index is 0.103. The summed E-state index contributed by atoms with van der Waals surface area (Å²) in [4.78, 5) is 11.2. The third kappa shape index (κ3) is 5.94. The molecule has 0 aromatic carbocycles.